The van der Waals surface area contributed by atoms with Crippen LogP contribution in [0.25, 0.3) is 11.1 Å². The number of hydrogen-bond donors (Lipinski definition) is 1. The number of carbonyl (C=O) groups excluding carboxylic acids is 1. The molecule has 1 aromatic heterocycles. The average Bonchev–Trinajstić information content (AvgIpc) is 3.22. The number of carboxylic acids is 1. The van der Waals surface area contributed by atoms with Crippen molar-refractivity contribution in [1.82, 2.24) is 4.57 Å². The van der Waals surface area contributed by atoms with Crippen molar-refractivity contribution in [2.75, 3.05) is 4.90 Å². The molecule has 0 unspecified atom stereocenters. The third-order valence-electron chi connectivity index (χ3n) is 6.45. The molecule has 2 heterocycles. The smallest absolute Gasteiger partial charge is 0.417 e. The Morgan fingerprint density at radius 3 is 2.30 bits per heavy atom. The van der Waals surface area contributed by atoms with Gasteiger partial charge in [0.05, 0.1) is 23.4 Å². The van der Waals surface area contributed by atoms with Gasteiger partial charge >= 0.3 is 12.1 Å². The Labute approximate surface area is 233 Å². The molecule has 0 saturated carbocycles. The van der Waals surface area contributed by atoms with Crippen molar-refractivity contribution in [3.8, 4) is 11.1 Å². The predicted molar refractivity (Wildman–Crippen MR) is 135 cm³/mol. The van der Waals surface area contributed by atoms with E-state index >= 15 is 0 Å². The summed E-state index contributed by atoms with van der Waals surface area (Å²) < 4.78 is 42.7. The molecule has 0 bridgehead atoms. The van der Waals surface area contributed by atoms with Gasteiger partial charge in [-0.2, -0.15) is 13.2 Å². The van der Waals surface area contributed by atoms with Crippen molar-refractivity contribution >= 4 is 47.1 Å². The van der Waals surface area contributed by atoms with E-state index in [4.69, 9.17) is 0 Å². The largest absolute Gasteiger partial charge is 0.478 e. The summed E-state index contributed by atoms with van der Waals surface area (Å²) in [6, 6.07) is 18.5. The van der Waals surface area contributed by atoms with Crippen LogP contribution in [-0.2, 0) is 19.3 Å². The minimum absolute atomic E-state index is 0. The van der Waals surface area contributed by atoms with Crippen LogP contribution in [0.1, 0.15) is 43.1 Å². The summed E-state index contributed by atoms with van der Waals surface area (Å²) in [6.07, 6.45) is -2.61. The summed E-state index contributed by atoms with van der Waals surface area (Å²) in [5.74, 6) is -1.47. The SMILES string of the molecule is Cc1cc(C(=O)N2Cc3cccn3Cc3ccc(C(=O)O)cc32)ccc1-c1ccccc1C(F)(F)F.[Na]. The van der Waals surface area contributed by atoms with Gasteiger partial charge in [-0.3, -0.25) is 4.79 Å². The molecular formula is C28H21F3N2NaO3. The standard InChI is InChI=1S/C28H21F3N2O3.Na/c1-17-13-18(10-11-22(17)23-6-2-3-7-24(23)28(29,30)31)26(34)33-16-21-5-4-12-32(21)15-20-9-8-19(27(35)36)14-25(20)33;/h2-14H,15-16H2,1H3,(H,35,36);. The first-order chi connectivity index (χ1) is 17.1. The van der Waals surface area contributed by atoms with Gasteiger partial charge in [-0.05, 0) is 71.6 Å². The van der Waals surface area contributed by atoms with E-state index in [0.717, 1.165) is 17.3 Å². The van der Waals surface area contributed by atoms with Gasteiger partial charge in [-0.15, -0.1) is 0 Å². The molecule has 1 amide bonds. The number of benzene rings is 3. The molecule has 1 aliphatic rings. The maximum Gasteiger partial charge on any atom is 0.417 e. The van der Waals surface area contributed by atoms with Gasteiger partial charge in [0, 0.05) is 53.6 Å². The van der Waals surface area contributed by atoms with Gasteiger partial charge in [0.1, 0.15) is 0 Å². The molecule has 5 rings (SSSR count). The van der Waals surface area contributed by atoms with Gasteiger partial charge in [0.15, 0.2) is 0 Å². The zero-order valence-corrected chi connectivity index (χ0v) is 22.2. The topological polar surface area (TPSA) is 62.5 Å². The van der Waals surface area contributed by atoms with Crippen LogP contribution in [-0.4, -0.2) is 51.1 Å². The molecule has 9 heteroatoms. The Hall–Kier alpha value is -3.33. The Morgan fingerprint density at radius 1 is 0.865 bits per heavy atom. The second-order valence-corrected chi connectivity index (χ2v) is 8.74. The number of aromatic carboxylic acids is 1. The molecule has 0 spiro atoms. The van der Waals surface area contributed by atoms with Crippen molar-refractivity contribution in [2.24, 2.45) is 0 Å². The zero-order chi connectivity index (χ0) is 25.6. The molecule has 0 atom stereocenters. The normalized spacial score (nSPS) is 12.7. The maximum atomic E-state index is 13.7. The first-order valence-electron chi connectivity index (χ1n) is 11.2. The molecule has 0 saturated heterocycles. The van der Waals surface area contributed by atoms with E-state index in [1.807, 2.05) is 22.9 Å². The van der Waals surface area contributed by atoms with E-state index in [1.165, 1.54) is 41.3 Å². The summed E-state index contributed by atoms with van der Waals surface area (Å²) >= 11 is 0. The van der Waals surface area contributed by atoms with Crippen molar-refractivity contribution in [2.45, 2.75) is 26.2 Å². The van der Waals surface area contributed by atoms with E-state index in [9.17, 15) is 27.9 Å². The number of alkyl halides is 3. The number of aromatic nitrogens is 1. The van der Waals surface area contributed by atoms with Gasteiger partial charge in [0.2, 0.25) is 0 Å². The third kappa shape index (κ3) is 5.09. The number of fused-ring (bicyclic) bond motifs is 2. The average molecular weight is 513 g/mol. The number of rotatable bonds is 3. The number of halogens is 3. The minimum Gasteiger partial charge on any atom is -0.478 e. The summed E-state index contributed by atoms with van der Waals surface area (Å²) in [7, 11) is 0. The first kappa shape index (κ1) is 26.7. The minimum atomic E-state index is -4.51. The number of anilines is 1. The fourth-order valence-corrected chi connectivity index (χ4v) is 4.66. The monoisotopic (exact) mass is 513 g/mol. The summed E-state index contributed by atoms with van der Waals surface area (Å²) in [5, 5.41) is 9.50. The van der Waals surface area contributed by atoms with Crippen LogP contribution in [0.2, 0.25) is 0 Å². The Kier molecular flexibility index (Phi) is 7.37. The van der Waals surface area contributed by atoms with E-state index in [-0.39, 0.29) is 53.1 Å². The van der Waals surface area contributed by atoms with Crippen molar-refractivity contribution in [1.29, 1.82) is 0 Å². The zero-order valence-electron chi connectivity index (χ0n) is 20.2. The van der Waals surface area contributed by atoms with Crippen LogP contribution in [0.15, 0.2) is 79.0 Å². The molecule has 5 nitrogen and oxygen atoms in total. The Balaban J connectivity index is 0.00000320. The molecule has 37 heavy (non-hydrogen) atoms. The van der Waals surface area contributed by atoms with Crippen LogP contribution in [0, 0.1) is 6.92 Å². The molecule has 183 valence electrons. The molecule has 3 aromatic carbocycles. The molecule has 0 fully saturated rings. The number of carboxylic acid groups (broad SMARTS) is 1. The molecule has 1 aliphatic heterocycles. The van der Waals surface area contributed by atoms with Gasteiger partial charge in [-0.25, -0.2) is 4.79 Å². The molecule has 0 aliphatic carbocycles. The van der Waals surface area contributed by atoms with Crippen LogP contribution in [0.4, 0.5) is 18.9 Å². The number of aryl methyl sites for hydroxylation is 1. The van der Waals surface area contributed by atoms with Gasteiger partial charge in [0.25, 0.3) is 5.91 Å². The summed E-state index contributed by atoms with van der Waals surface area (Å²) in [6.45, 7) is 2.37. The van der Waals surface area contributed by atoms with Gasteiger partial charge in [-0.1, -0.05) is 30.3 Å². The predicted octanol–water partition coefficient (Wildman–Crippen LogP) is 6.01. The van der Waals surface area contributed by atoms with E-state index in [2.05, 4.69) is 0 Å². The van der Waals surface area contributed by atoms with Crippen LogP contribution < -0.4 is 4.90 Å². The fourth-order valence-electron chi connectivity index (χ4n) is 4.66. The molecule has 1 radical (unpaired) electrons. The third-order valence-corrected chi connectivity index (χ3v) is 6.45. The van der Waals surface area contributed by atoms with E-state index < -0.39 is 17.7 Å². The van der Waals surface area contributed by atoms with Crippen molar-refractivity contribution in [3.05, 3.63) is 113 Å². The maximum absolute atomic E-state index is 13.7. The summed E-state index contributed by atoms with van der Waals surface area (Å²) in [5.41, 5.74) is 2.74. The quantitative estimate of drug-likeness (QED) is 0.342. The van der Waals surface area contributed by atoms with E-state index in [1.54, 1.807) is 25.1 Å². The van der Waals surface area contributed by atoms with E-state index in [0.29, 0.717) is 28.9 Å². The number of amides is 1. The van der Waals surface area contributed by atoms with Crippen LogP contribution >= 0.6 is 0 Å². The van der Waals surface area contributed by atoms with Crippen LogP contribution in [0.3, 0.4) is 0 Å². The first-order valence-corrected chi connectivity index (χ1v) is 11.2. The second kappa shape index (κ2) is 10.2. The van der Waals surface area contributed by atoms with Crippen LogP contribution in [0.5, 0.6) is 0 Å². The summed E-state index contributed by atoms with van der Waals surface area (Å²) in [4.78, 5) is 26.9. The number of hydrogen-bond acceptors (Lipinski definition) is 2. The Morgan fingerprint density at radius 2 is 1.59 bits per heavy atom. The molecule has 4 aromatic rings. The molecular weight excluding hydrogens is 492 g/mol. The molecule has 1 N–H and O–H groups in total. The van der Waals surface area contributed by atoms with Crippen molar-refractivity contribution in [3.63, 3.8) is 0 Å². The number of carbonyl (C=O) groups is 2. The number of nitrogens with zero attached hydrogens (tertiary/aromatic N) is 2. The fraction of sp³-hybridized carbons (Fsp3) is 0.143. The second-order valence-electron chi connectivity index (χ2n) is 8.74. The van der Waals surface area contributed by atoms with Crippen molar-refractivity contribution < 1.29 is 27.9 Å². The van der Waals surface area contributed by atoms with Gasteiger partial charge < -0.3 is 14.6 Å². The Bertz CT molecular complexity index is 1510.